The smallest absolute Gasteiger partial charge is 0.251 e. The SMILES string of the molecule is CS(=O)CCNC(=O)c1ccc(Br)c(F)c1. The van der Waals surface area contributed by atoms with E-state index in [2.05, 4.69) is 21.2 Å². The van der Waals surface area contributed by atoms with Gasteiger partial charge in [0.05, 0.1) is 4.47 Å². The number of hydrogen-bond donors (Lipinski definition) is 1. The van der Waals surface area contributed by atoms with Gasteiger partial charge >= 0.3 is 0 Å². The zero-order valence-electron chi connectivity index (χ0n) is 8.63. The first-order valence-electron chi connectivity index (χ1n) is 4.54. The number of rotatable bonds is 4. The second-order valence-corrected chi connectivity index (χ2v) is 5.57. The van der Waals surface area contributed by atoms with Crippen molar-refractivity contribution in [1.82, 2.24) is 5.32 Å². The molecular weight excluding hydrogens is 297 g/mol. The van der Waals surface area contributed by atoms with E-state index in [1.54, 1.807) is 6.26 Å². The summed E-state index contributed by atoms with van der Waals surface area (Å²) >= 11 is 3.00. The van der Waals surface area contributed by atoms with E-state index in [4.69, 9.17) is 0 Å². The van der Waals surface area contributed by atoms with E-state index >= 15 is 0 Å². The summed E-state index contributed by atoms with van der Waals surface area (Å²) < 4.78 is 24.2. The molecule has 0 saturated heterocycles. The van der Waals surface area contributed by atoms with Crippen molar-refractivity contribution in [2.75, 3.05) is 18.6 Å². The van der Waals surface area contributed by atoms with Crippen LogP contribution in [0.1, 0.15) is 10.4 Å². The molecule has 1 N–H and O–H groups in total. The summed E-state index contributed by atoms with van der Waals surface area (Å²) in [5, 5.41) is 2.56. The molecule has 0 saturated carbocycles. The fourth-order valence-electron chi connectivity index (χ4n) is 1.05. The molecule has 1 aromatic carbocycles. The molecule has 88 valence electrons. The third-order valence-corrected chi connectivity index (χ3v) is 3.28. The van der Waals surface area contributed by atoms with E-state index in [0.717, 1.165) is 6.07 Å². The first-order valence-corrected chi connectivity index (χ1v) is 7.06. The molecular formula is C10H11BrFNO2S. The largest absolute Gasteiger partial charge is 0.351 e. The molecule has 1 unspecified atom stereocenters. The molecule has 0 bridgehead atoms. The standard InChI is InChI=1S/C10H11BrFNO2S/c1-16(15)5-4-13-10(14)7-2-3-8(11)9(12)6-7/h2-3,6H,4-5H2,1H3,(H,13,14). The quantitative estimate of drug-likeness (QED) is 0.920. The molecule has 1 aromatic rings. The second-order valence-electron chi connectivity index (χ2n) is 3.16. The van der Waals surface area contributed by atoms with E-state index in [1.807, 2.05) is 0 Å². The summed E-state index contributed by atoms with van der Waals surface area (Å²) in [4.78, 5) is 11.5. The number of amides is 1. The van der Waals surface area contributed by atoms with Crippen molar-refractivity contribution < 1.29 is 13.4 Å². The van der Waals surface area contributed by atoms with E-state index in [1.165, 1.54) is 12.1 Å². The van der Waals surface area contributed by atoms with Crippen LogP contribution in [0.2, 0.25) is 0 Å². The highest BCUT2D eigenvalue weighted by molar-refractivity contribution is 9.10. The Morgan fingerprint density at radius 2 is 2.25 bits per heavy atom. The lowest BCUT2D eigenvalue weighted by atomic mass is 10.2. The maximum Gasteiger partial charge on any atom is 0.251 e. The Bertz CT molecular complexity index is 425. The summed E-state index contributed by atoms with van der Waals surface area (Å²) in [7, 11) is -0.943. The molecule has 6 heteroatoms. The summed E-state index contributed by atoms with van der Waals surface area (Å²) in [6.45, 7) is 0.319. The topological polar surface area (TPSA) is 46.2 Å². The van der Waals surface area contributed by atoms with Crippen molar-refractivity contribution in [2.45, 2.75) is 0 Å². The molecule has 0 aromatic heterocycles. The minimum atomic E-state index is -0.943. The molecule has 0 aliphatic heterocycles. The Morgan fingerprint density at radius 1 is 1.56 bits per heavy atom. The van der Waals surface area contributed by atoms with Gasteiger partial charge in [-0.15, -0.1) is 0 Å². The molecule has 0 heterocycles. The lowest BCUT2D eigenvalue weighted by molar-refractivity contribution is 0.0955. The first-order chi connectivity index (χ1) is 7.50. The van der Waals surface area contributed by atoms with Gasteiger partial charge in [-0.3, -0.25) is 9.00 Å². The van der Waals surface area contributed by atoms with Crippen molar-refractivity contribution in [3.63, 3.8) is 0 Å². The summed E-state index contributed by atoms with van der Waals surface area (Å²) in [6.07, 6.45) is 1.56. The van der Waals surface area contributed by atoms with Gasteiger partial charge in [-0.05, 0) is 34.1 Å². The zero-order chi connectivity index (χ0) is 12.1. The first kappa shape index (κ1) is 13.3. The number of nitrogens with one attached hydrogen (secondary N) is 1. The van der Waals surface area contributed by atoms with Gasteiger partial charge in [0.2, 0.25) is 0 Å². The molecule has 0 fully saturated rings. The zero-order valence-corrected chi connectivity index (χ0v) is 11.0. The second kappa shape index (κ2) is 6.10. The minimum Gasteiger partial charge on any atom is -0.351 e. The van der Waals surface area contributed by atoms with Gasteiger partial charge in [-0.25, -0.2) is 4.39 Å². The highest BCUT2D eigenvalue weighted by Crippen LogP contribution is 2.16. The lowest BCUT2D eigenvalue weighted by Crippen LogP contribution is -2.27. The minimum absolute atomic E-state index is 0.252. The van der Waals surface area contributed by atoms with Crippen LogP contribution in [0.25, 0.3) is 0 Å². The van der Waals surface area contributed by atoms with Crippen LogP contribution in [0.15, 0.2) is 22.7 Å². The van der Waals surface area contributed by atoms with Crippen LogP contribution in [-0.4, -0.2) is 28.7 Å². The maximum atomic E-state index is 13.1. The van der Waals surface area contributed by atoms with E-state index in [0.29, 0.717) is 16.8 Å². The van der Waals surface area contributed by atoms with Gasteiger partial charge in [0.15, 0.2) is 0 Å². The van der Waals surface area contributed by atoms with Gasteiger partial charge in [-0.2, -0.15) is 0 Å². The van der Waals surface area contributed by atoms with Crippen LogP contribution in [0.5, 0.6) is 0 Å². The predicted molar refractivity (Wildman–Crippen MR) is 65.4 cm³/mol. The lowest BCUT2D eigenvalue weighted by Gasteiger charge is -2.04. The number of halogens is 2. The summed E-state index contributed by atoms with van der Waals surface area (Å²) in [5.41, 5.74) is 0.252. The Balaban J connectivity index is 2.59. The van der Waals surface area contributed by atoms with Crippen LogP contribution < -0.4 is 5.32 Å². The fourth-order valence-corrected chi connectivity index (χ4v) is 1.68. The van der Waals surface area contributed by atoms with Crippen LogP contribution in [0.4, 0.5) is 4.39 Å². The Morgan fingerprint density at radius 3 is 2.81 bits per heavy atom. The number of hydrogen-bond acceptors (Lipinski definition) is 2. The molecule has 0 aliphatic rings. The van der Waals surface area contributed by atoms with E-state index in [9.17, 15) is 13.4 Å². The van der Waals surface area contributed by atoms with Gasteiger partial charge in [0.1, 0.15) is 5.82 Å². The highest BCUT2D eigenvalue weighted by atomic mass is 79.9. The van der Waals surface area contributed by atoms with Crippen LogP contribution >= 0.6 is 15.9 Å². The summed E-state index contributed by atoms with van der Waals surface area (Å²) in [6, 6.07) is 4.15. The predicted octanol–water partition coefficient (Wildman–Crippen LogP) is 1.70. The molecule has 0 spiro atoms. The van der Waals surface area contributed by atoms with Crippen molar-refractivity contribution in [3.8, 4) is 0 Å². The number of carbonyl (C=O) groups is 1. The molecule has 0 aliphatic carbocycles. The van der Waals surface area contributed by atoms with Crippen LogP contribution in [0, 0.1) is 5.82 Å². The molecule has 1 rings (SSSR count). The van der Waals surface area contributed by atoms with Gasteiger partial charge in [0.25, 0.3) is 5.91 Å². The van der Waals surface area contributed by atoms with Gasteiger partial charge in [0, 0.05) is 34.9 Å². The number of carbonyl (C=O) groups excluding carboxylic acids is 1. The number of benzene rings is 1. The van der Waals surface area contributed by atoms with Crippen molar-refractivity contribution in [3.05, 3.63) is 34.1 Å². The summed E-state index contributed by atoms with van der Waals surface area (Å²) in [5.74, 6) is -0.450. The highest BCUT2D eigenvalue weighted by Gasteiger charge is 2.08. The molecule has 0 radical (unpaired) electrons. The monoisotopic (exact) mass is 307 g/mol. The van der Waals surface area contributed by atoms with Crippen molar-refractivity contribution in [1.29, 1.82) is 0 Å². The van der Waals surface area contributed by atoms with Crippen molar-refractivity contribution in [2.24, 2.45) is 0 Å². The maximum absolute atomic E-state index is 13.1. The van der Waals surface area contributed by atoms with Crippen LogP contribution in [0.3, 0.4) is 0 Å². The van der Waals surface area contributed by atoms with Crippen LogP contribution in [-0.2, 0) is 10.8 Å². The molecule has 1 atom stereocenters. The average molecular weight is 308 g/mol. The molecule has 16 heavy (non-hydrogen) atoms. The molecule has 3 nitrogen and oxygen atoms in total. The van der Waals surface area contributed by atoms with E-state index in [-0.39, 0.29) is 11.5 Å². The fraction of sp³-hybridized carbons (Fsp3) is 0.300. The Labute approximate surface area is 104 Å². The Hall–Kier alpha value is -0.750. The van der Waals surface area contributed by atoms with Gasteiger partial charge < -0.3 is 5.32 Å². The molecule has 1 amide bonds. The normalized spacial score (nSPS) is 12.2. The Kier molecular flexibility index (Phi) is 5.08. The van der Waals surface area contributed by atoms with Gasteiger partial charge in [-0.1, -0.05) is 0 Å². The average Bonchev–Trinajstić information content (AvgIpc) is 2.21. The van der Waals surface area contributed by atoms with E-state index < -0.39 is 16.6 Å². The van der Waals surface area contributed by atoms with Crippen molar-refractivity contribution >= 4 is 32.6 Å². The third-order valence-electron chi connectivity index (χ3n) is 1.86. The third kappa shape index (κ3) is 4.02.